The van der Waals surface area contributed by atoms with E-state index in [1.165, 1.54) is 19.2 Å². The number of hydrogen-bond acceptors (Lipinski definition) is 4. The van der Waals surface area contributed by atoms with E-state index in [9.17, 15) is 8.42 Å². The zero-order valence-corrected chi connectivity index (χ0v) is 13.6. The zero-order chi connectivity index (χ0) is 14.8. The van der Waals surface area contributed by atoms with Crippen LogP contribution in [0.4, 0.5) is 0 Å². The number of hydrogen-bond donors (Lipinski definition) is 2. The van der Waals surface area contributed by atoms with Gasteiger partial charge in [-0.2, -0.15) is 0 Å². The summed E-state index contributed by atoms with van der Waals surface area (Å²) in [5.41, 5.74) is -0.0501. The smallest absolute Gasteiger partial charge is 0.240 e. The molecule has 112 valence electrons. The highest BCUT2D eigenvalue weighted by Gasteiger charge is 2.42. The van der Waals surface area contributed by atoms with Crippen molar-refractivity contribution in [3.63, 3.8) is 0 Å². The number of methoxy groups -OCH3 is 1. The van der Waals surface area contributed by atoms with Crippen molar-refractivity contribution in [2.24, 2.45) is 5.41 Å². The third kappa shape index (κ3) is 3.52. The Hall–Kier alpha value is -0.630. The standard InChI is InChI=1S/C13H18BrNO4S/c1-19-12-3-2-10(8-11(12)14)20(17,18)15-9-13(4-5-13)6-7-16/h2-3,8,15-16H,4-7,9H2,1H3. The molecular weight excluding hydrogens is 346 g/mol. The molecule has 1 aromatic carbocycles. The topological polar surface area (TPSA) is 75.6 Å². The van der Waals surface area contributed by atoms with Crippen molar-refractivity contribution < 1.29 is 18.3 Å². The lowest BCUT2D eigenvalue weighted by atomic mass is 10.0. The molecule has 0 aliphatic heterocycles. The molecule has 2 N–H and O–H groups in total. The van der Waals surface area contributed by atoms with E-state index in [-0.39, 0.29) is 16.9 Å². The molecular formula is C13H18BrNO4S. The molecule has 0 saturated heterocycles. The molecule has 0 unspecified atom stereocenters. The number of benzene rings is 1. The number of rotatable bonds is 7. The van der Waals surface area contributed by atoms with E-state index in [1.54, 1.807) is 6.07 Å². The van der Waals surface area contributed by atoms with Gasteiger partial charge in [-0.25, -0.2) is 13.1 Å². The van der Waals surface area contributed by atoms with Gasteiger partial charge in [-0.15, -0.1) is 0 Å². The first kappa shape index (κ1) is 15.8. The minimum Gasteiger partial charge on any atom is -0.496 e. The fourth-order valence-corrected chi connectivity index (χ4v) is 3.95. The van der Waals surface area contributed by atoms with Crippen molar-refractivity contribution in [2.75, 3.05) is 20.3 Å². The molecule has 20 heavy (non-hydrogen) atoms. The van der Waals surface area contributed by atoms with Crippen LogP contribution in [-0.4, -0.2) is 33.8 Å². The van der Waals surface area contributed by atoms with E-state index in [0.717, 1.165) is 12.8 Å². The van der Waals surface area contributed by atoms with Gasteiger partial charge in [0.2, 0.25) is 10.0 Å². The van der Waals surface area contributed by atoms with Gasteiger partial charge in [0.05, 0.1) is 16.5 Å². The van der Waals surface area contributed by atoms with Crippen LogP contribution in [0.25, 0.3) is 0 Å². The second-order valence-electron chi connectivity index (χ2n) is 5.09. The monoisotopic (exact) mass is 363 g/mol. The molecule has 1 aromatic rings. The van der Waals surface area contributed by atoms with Crippen LogP contribution in [0.2, 0.25) is 0 Å². The molecule has 1 aliphatic carbocycles. The van der Waals surface area contributed by atoms with Crippen LogP contribution in [0, 0.1) is 5.41 Å². The fraction of sp³-hybridized carbons (Fsp3) is 0.538. The molecule has 1 aliphatic rings. The van der Waals surface area contributed by atoms with Gasteiger partial charge in [0.1, 0.15) is 5.75 Å². The van der Waals surface area contributed by atoms with E-state index in [4.69, 9.17) is 9.84 Å². The predicted molar refractivity (Wildman–Crippen MR) is 79.3 cm³/mol. The maximum Gasteiger partial charge on any atom is 0.240 e. The van der Waals surface area contributed by atoms with E-state index in [2.05, 4.69) is 20.7 Å². The fourth-order valence-electron chi connectivity index (χ4n) is 2.07. The first-order valence-corrected chi connectivity index (χ1v) is 8.64. The summed E-state index contributed by atoms with van der Waals surface area (Å²) in [7, 11) is -2.01. The molecule has 0 aromatic heterocycles. The van der Waals surface area contributed by atoms with Gasteiger partial charge in [-0.05, 0) is 58.8 Å². The third-order valence-electron chi connectivity index (χ3n) is 3.67. The molecule has 2 rings (SSSR count). The lowest BCUT2D eigenvalue weighted by molar-refractivity contribution is 0.249. The maximum absolute atomic E-state index is 12.2. The number of aliphatic hydroxyl groups is 1. The summed E-state index contributed by atoms with van der Waals surface area (Å²) in [5.74, 6) is 0.586. The van der Waals surface area contributed by atoms with Gasteiger partial charge in [0, 0.05) is 13.2 Å². The lowest BCUT2D eigenvalue weighted by Crippen LogP contribution is -2.30. The van der Waals surface area contributed by atoms with Gasteiger partial charge in [0.15, 0.2) is 0 Å². The molecule has 0 bridgehead atoms. The molecule has 1 fully saturated rings. The zero-order valence-electron chi connectivity index (χ0n) is 11.2. The molecule has 0 spiro atoms. The molecule has 0 heterocycles. The number of ether oxygens (including phenoxy) is 1. The van der Waals surface area contributed by atoms with Crippen LogP contribution in [0.3, 0.4) is 0 Å². The largest absolute Gasteiger partial charge is 0.496 e. The molecule has 0 radical (unpaired) electrons. The van der Waals surface area contributed by atoms with Crippen molar-refractivity contribution in [1.29, 1.82) is 0 Å². The molecule has 0 amide bonds. The Labute approximate surface area is 127 Å². The normalized spacial score (nSPS) is 16.9. The van der Waals surface area contributed by atoms with E-state index in [1.807, 2.05) is 0 Å². The molecule has 5 nitrogen and oxygen atoms in total. The second-order valence-corrected chi connectivity index (χ2v) is 7.72. The minimum atomic E-state index is -3.54. The van der Waals surface area contributed by atoms with Gasteiger partial charge < -0.3 is 9.84 Å². The van der Waals surface area contributed by atoms with Crippen molar-refractivity contribution in [2.45, 2.75) is 24.2 Å². The summed E-state index contributed by atoms with van der Waals surface area (Å²) in [6.45, 7) is 0.468. The van der Waals surface area contributed by atoms with Crippen LogP contribution in [0.5, 0.6) is 5.75 Å². The number of halogens is 1. The number of sulfonamides is 1. The Morgan fingerprint density at radius 1 is 1.45 bits per heavy atom. The van der Waals surface area contributed by atoms with Gasteiger partial charge in [-0.1, -0.05) is 0 Å². The summed E-state index contributed by atoms with van der Waals surface area (Å²) in [6, 6.07) is 4.64. The quantitative estimate of drug-likeness (QED) is 0.775. The first-order chi connectivity index (χ1) is 9.42. The van der Waals surface area contributed by atoms with Crippen molar-refractivity contribution in [1.82, 2.24) is 4.72 Å². The maximum atomic E-state index is 12.2. The molecule has 0 atom stereocenters. The van der Waals surface area contributed by atoms with Crippen molar-refractivity contribution >= 4 is 26.0 Å². The summed E-state index contributed by atoms with van der Waals surface area (Å²) < 4.78 is 32.8. The SMILES string of the molecule is COc1ccc(S(=O)(=O)NCC2(CCO)CC2)cc1Br. The highest BCUT2D eigenvalue weighted by molar-refractivity contribution is 9.10. The number of aliphatic hydroxyl groups excluding tert-OH is 1. The predicted octanol–water partition coefficient (Wildman–Crippen LogP) is 1.90. The Bertz CT molecular complexity index is 584. The summed E-state index contributed by atoms with van der Waals surface area (Å²) >= 11 is 3.28. The average molecular weight is 364 g/mol. The Kier molecular flexibility index (Phi) is 4.73. The van der Waals surface area contributed by atoms with Crippen molar-refractivity contribution in [3.8, 4) is 5.75 Å². The first-order valence-electron chi connectivity index (χ1n) is 6.36. The summed E-state index contributed by atoms with van der Waals surface area (Å²) in [4.78, 5) is 0.199. The molecule has 1 saturated carbocycles. The highest BCUT2D eigenvalue weighted by atomic mass is 79.9. The van der Waals surface area contributed by atoms with Gasteiger partial charge in [0.25, 0.3) is 0 Å². The van der Waals surface area contributed by atoms with Crippen LogP contribution in [0.15, 0.2) is 27.6 Å². The molecule has 7 heteroatoms. The van der Waals surface area contributed by atoms with E-state index in [0.29, 0.717) is 23.2 Å². The Morgan fingerprint density at radius 2 is 2.15 bits per heavy atom. The van der Waals surface area contributed by atoms with E-state index >= 15 is 0 Å². The third-order valence-corrected chi connectivity index (χ3v) is 5.69. The van der Waals surface area contributed by atoms with E-state index < -0.39 is 10.0 Å². The van der Waals surface area contributed by atoms with Crippen LogP contribution in [0.1, 0.15) is 19.3 Å². The number of nitrogens with one attached hydrogen (secondary N) is 1. The lowest BCUT2D eigenvalue weighted by Gasteiger charge is -2.15. The van der Waals surface area contributed by atoms with Crippen LogP contribution >= 0.6 is 15.9 Å². The van der Waals surface area contributed by atoms with Crippen LogP contribution in [-0.2, 0) is 10.0 Å². The highest BCUT2D eigenvalue weighted by Crippen LogP contribution is 2.48. The minimum absolute atomic E-state index is 0.0501. The average Bonchev–Trinajstić information content (AvgIpc) is 3.17. The second kappa shape index (κ2) is 6.01. The summed E-state index contributed by atoms with van der Waals surface area (Å²) in [5, 5.41) is 8.99. The van der Waals surface area contributed by atoms with Gasteiger partial charge >= 0.3 is 0 Å². The Morgan fingerprint density at radius 3 is 2.65 bits per heavy atom. The van der Waals surface area contributed by atoms with Crippen molar-refractivity contribution in [3.05, 3.63) is 22.7 Å². The van der Waals surface area contributed by atoms with Crippen LogP contribution < -0.4 is 9.46 Å². The van der Waals surface area contributed by atoms with Gasteiger partial charge in [-0.3, -0.25) is 0 Å². The summed E-state index contributed by atoms with van der Waals surface area (Å²) in [6.07, 6.45) is 2.56. The Balaban J connectivity index is 2.09.